The van der Waals surface area contributed by atoms with Crippen molar-refractivity contribution in [2.24, 2.45) is 0 Å². The van der Waals surface area contributed by atoms with Gasteiger partial charge in [-0.3, -0.25) is 4.79 Å². The normalized spacial score (nSPS) is 10.1. The molecule has 0 aliphatic rings. The van der Waals surface area contributed by atoms with Crippen molar-refractivity contribution in [1.82, 2.24) is 0 Å². The molecule has 0 bridgehead atoms. The van der Waals surface area contributed by atoms with Crippen LogP contribution < -0.4 is 10.6 Å². The summed E-state index contributed by atoms with van der Waals surface area (Å²) in [6.07, 6.45) is 0.444. The minimum Gasteiger partial charge on any atom is -0.384 e. The molecule has 0 aliphatic heterocycles. The fraction of sp³-hybridized carbons (Fsp3) is 0.188. The number of hydrogen-bond acceptors (Lipinski definition) is 2. The highest BCUT2D eigenvalue weighted by atomic mass is 127. The predicted octanol–water partition coefficient (Wildman–Crippen LogP) is 4.04. The zero-order valence-electron chi connectivity index (χ0n) is 11.3. The molecule has 2 aromatic carbocycles. The second-order valence-corrected chi connectivity index (χ2v) is 5.80. The lowest BCUT2D eigenvalue weighted by atomic mass is 10.2. The Balaban J connectivity index is 1.80. The Morgan fingerprint density at radius 3 is 2.70 bits per heavy atom. The molecule has 0 radical (unpaired) electrons. The summed E-state index contributed by atoms with van der Waals surface area (Å²) < 4.78 is 1.11. The van der Waals surface area contributed by atoms with Crippen LogP contribution in [0.2, 0.25) is 0 Å². The molecule has 0 fully saturated rings. The van der Waals surface area contributed by atoms with Gasteiger partial charge in [0, 0.05) is 27.9 Å². The number of rotatable bonds is 5. The maximum atomic E-state index is 11.8. The van der Waals surface area contributed by atoms with Gasteiger partial charge in [0.25, 0.3) is 0 Å². The molecule has 2 rings (SSSR count). The molecular formula is C16H17IN2O. The van der Waals surface area contributed by atoms with Crippen molar-refractivity contribution < 1.29 is 4.79 Å². The highest BCUT2D eigenvalue weighted by Crippen LogP contribution is 2.14. The number of carbonyl (C=O) groups is 1. The fourth-order valence-corrected chi connectivity index (χ4v) is 2.41. The molecule has 104 valence electrons. The molecule has 0 heterocycles. The zero-order valence-corrected chi connectivity index (χ0v) is 13.5. The van der Waals surface area contributed by atoms with E-state index >= 15 is 0 Å². The van der Waals surface area contributed by atoms with Crippen molar-refractivity contribution in [2.45, 2.75) is 13.3 Å². The summed E-state index contributed by atoms with van der Waals surface area (Å²) in [4.78, 5) is 11.8. The molecule has 20 heavy (non-hydrogen) atoms. The third-order valence-corrected chi connectivity index (χ3v) is 3.59. The summed E-state index contributed by atoms with van der Waals surface area (Å²) in [5, 5.41) is 6.18. The average molecular weight is 380 g/mol. The van der Waals surface area contributed by atoms with Crippen molar-refractivity contribution in [2.75, 3.05) is 17.2 Å². The van der Waals surface area contributed by atoms with Gasteiger partial charge < -0.3 is 10.6 Å². The van der Waals surface area contributed by atoms with Crippen molar-refractivity contribution in [3.8, 4) is 0 Å². The maximum absolute atomic E-state index is 11.8. The molecule has 0 saturated heterocycles. The van der Waals surface area contributed by atoms with Crippen LogP contribution in [0.5, 0.6) is 0 Å². The number of aryl methyl sites for hydroxylation is 1. The van der Waals surface area contributed by atoms with E-state index in [0.717, 1.165) is 14.9 Å². The molecule has 2 N–H and O–H groups in total. The van der Waals surface area contributed by atoms with Crippen LogP contribution in [0.4, 0.5) is 11.4 Å². The van der Waals surface area contributed by atoms with Gasteiger partial charge in [-0.2, -0.15) is 0 Å². The maximum Gasteiger partial charge on any atom is 0.226 e. The van der Waals surface area contributed by atoms with Gasteiger partial charge in [0.15, 0.2) is 0 Å². The third-order valence-electron chi connectivity index (χ3n) is 2.92. The molecule has 0 spiro atoms. The number of anilines is 2. The predicted molar refractivity (Wildman–Crippen MR) is 92.1 cm³/mol. The number of para-hydroxylation sites is 1. The van der Waals surface area contributed by atoms with E-state index in [4.69, 9.17) is 0 Å². The molecular weight excluding hydrogens is 363 g/mol. The number of hydrogen-bond donors (Lipinski definition) is 2. The van der Waals surface area contributed by atoms with Crippen LogP contribution in [-0.2, 0) is 4.79 Å². The molecule has 2 aromatic rings. The van der Waals surface area contributed by atoms with E-state index in [0.29, 0.717) is 13.0 Å². The molecule has 0 aliphatic carbocycles. The van der Waals surface area contributed by atoms with Gasteiger partial charge in [0.05, 0.1) is 0 Å². The van der Waals surface area contributed by atoms with Crippen LogP contribution in [0, 0.1) is 10.5 Å². The summed E-state index contributed by atoms with van der Waals surface area (Å²) in [7, 11) is 0. The van der Waals surface area contributed by atoms with Crippen LogP contribution >= 0.6 is 22.6 Å². The van der Waals surface area contributed by atoms with Crippen molar-refractivity contribution in [3.05, 3.63) is 57.7 Å². The third kappa shape index (κ3) is 4.52. The summed E-state index contributed by atoms with van der Waals surface area (Å²) >= 11 is 2.23. The van der Waals surface area contributed by atoms with Gasteiger partial charge in [0.1, 0.15) is 0 Å². The van der Waals surface area contributed by atoms with Crippen LogP contribution in [0.15, 0.2) is 48.5 Å². The number of halogens is 1. The first kappa shape index (κ1) is 14.8. The topological polar surface area (TPSA) is 41.1 Å². The Morgan fingerprint density at radius 1 is 1.15 bits per heavy atom. The monoisotopic (exact) mass is 380 g/mol. The van der Waals surface area contributed by atoms with E-state index in [2.05, 4.69) is 33.2 Å². The van der Waals surface area contributed by atoms with Crippen LogP contribution in [0.1, 0.15) is 12.0 Å². The lowest BCUT2D eigenvalue weighted by Crippen LogP contribution is -2.16. The molecule has 0 saturated carbocycles. The number of nitrogens with one attached hydrogen (secondary N) is 2. The Morgan fingerprint density at radius 2 is 1.95 bits per heavy atom. The van der Waals surface area contributed by atoms with Crippen molar-refractivity contribution >= 4 is 39.9 Å². The van der Waals surface area contributed by atoms with Gasteiger partial charge in [-0.05, 0) is 59.3 Å². The molecule has 0 aromatic heterocycles. The molecule has 0 unspecified atom stereocenters. The molecule has 1 amide bonds. The zero-order chi connectivity index (χ0) is 14.4. The SMILES string of the molecule is Cc1ccccc1NCCC(=O)Nc1cccc(I)c1. The summed E-state index contributed by atoms with van der Waals surface area (Å²) in [6, 6.07) is 15.8. The van der Waals surface area contributed by atoms with E-state index < -0.39 is 0 Å². The lowest BCUT2D eigenvalue weighted by Gasteiger charge is -2.09. The smallest absolute Gasteiger partial charge is 0.226 e. The fourth-order valence-electron chi connectivity index (χ4n) is 1.87. The van der Waals surface area contributed by atoms with Gasteiger partial charge in [-0.15, -0.1) is 0 Å². The van der Waals surface area contributed by atoms with Crippen molar-refractivity contribution in [3.63, 3.8) is 0 Å². The van der Waals surface area contributed by atoms with Gasteiger partial charge >= 0.3 is 0 Å². The van der Waals surface area contributed by atoms with Gasteiger partial charge in [-0.1, -0.05) is 24.3 Å². The first-order valence-corrected chi connectivity index (χ1v) is 7.58. The minimum absolute atomic E-state index is 0.0214. The lowest BCUT2D eigenvalue weighted by molar-refractivity contribution is -0.115. The Kier molecular flexibility index (Phi) is 5.40. The Labute approximate surface area is 132 Å². The average Bonchev–Trinajstić information content (AvgIpc) is 2.41. The molecule has 0 atom stereocenters. The molecule has 3 nitrogen and oxygen atoms in total. The number of amides is 1. The minimum atomic E-state index is 0.0214. The Hall–Kier alpha value is -1.56. The van der Waals surface area contributed by atoms with E-state index in [1.807, 2.05) is 55.5 Å². The van der Waals surface area contributed by atoms with Crippen LogP contribution in [0.25, 0.3) is 0 Å². The van der Waals surface area contributed by atoms with Crippen LogP contribution in [-0.4, -0.2) is 12.5 Å². The number of carbonyl (C=O) groups excluding carboxylic acids is 1. The quantitative estimate of drug-likeness (QED) is 0.769. The van der Waals surface area contributed by atoms with E-state index in [9.17, 15) is 4.79 Å². The summed E-state index contributed by atoms with van der Waals surface area (Å²) in [5.74, 6) is 0.0214. The van der Waals surface area contributed by atoms with Gasteiger partial charge in [-0.25, -0.2) is 0 Å². The van der Waals surface area contributed by atoms with E-state index in [-0.39, 0.29) is 5.91 Å². The largest absolute Gasteiger partial charge is 0.384 e. The second kappa shape index (κ2) is 7.28. The summed E-state index contributed by atoms with van der Waals surface area (Å²) in [5.41, 5.74) is 3.11. The summed E-state index contributed by atoms with van der Waals surface area (Å²) in [6.45, 7) is 2.68. The number of benzene rings is 2. The highest BCUT2D eigenvalue weighted by molar-refractivity contribution is 14.1. The second-order valence-electron chi connectivity index (χ2n) is 4.55. The van der Waals surface area contributed by atoms with Crippen LogP contribution in [0.3, 0.4) is 0 Å². The molecule has 4 heteroatoms. The first-order valence-electron chi connectivity index (χ1n) is 6.50. The highest BCUT2D eigenvalue weighted by Gasteiger charge is 2.03. The van der Waals surface area contributed by atoms with Crippen molar-refractivity contribution in [1.29, 1.82) is 0 Å². The van der Waals surface area contributed by atoms with Gasteiger partial charge in [0.2, 0.25) is 5.91 Å². The van der Waals surface area contributed by atoms with E-state index in [1.54, 1.807) is 0 Å². The Bertz CT molecular complexity index is 599. The van der Waals surface area contributed by atoms with E-state index in [1.165, 1.54) is 5.56 Å². The standard InChI is InChI=1S/C16H17IN2O/c1-12-5-2-3-8-15(12)18-10-9-16(20)19-14-7-4-6-13(17)11-14/h2-8,11,18H,9-10H2,1H3,(H,19,20). The first-order chi connectivity index (χ1) is 9.65.